The molecule has 8 aromatic rings. The number of oxazole rings is 1. The monoisotopic (exact) mass is 1220 g/mol. The number of para-hydroxylation sites is 1. The molecule has 5 fully saturated rings. The second kappa shape index (κ2) is 22.9. The molecule has 2 aliphatic carbocycles. The average Bonchev–Trinajstić information content (AvgIpc) is 1.64. The molecular weight excluding hydrogens is 1150 g/mol. The molecule has 0 spiro atoms. The van der Waals surface area contributed by atoms with Crippen molar-refractivity contribution < 1.29 is 59.7 Å². The molecule has 2 unspecified atom stereocenters. The van der Waals surface area contributed by atoms with Crippen LogP contribution in [0.3, 0.4) is 0 Å². The zero-order chi connectivity index (χ0) is 61.5. The normalized spacial score (nSPS) is 23.5. The minimum atomic E-state index is -4.82. The number of piperidine rings is 1. The number of hydrogen-bond acceptors (Lipinski definition) is 14. The van der Waals surface area contributed by atoms with Gasteiger partial charge in [-0.25, -0.2) is 19.7 Å². The molecule has 26 heteroatoms. The lowest BCUT2D eigenvalue weighted by molar-refractivity contribution is -0.142. The minimum absolute atomic E-state index is 0.0668. The molecule has 88 heavy (non-hydrogen) atoms. The highest BCUT2D eigenvalue weighted by molar-refractivity contribution is 6.06. The number of aryl methyl sites for hydroxylation is 1. The lowest BCUT2D eigenvalue weighted by Crippen LogP contribution is -2.49. The number of halogens is 6. The van der Waals surface area contributed by atoms with E-state index in [1.165, 1.54) is 26.4 Å². The number of piperazine rings is 1. The van der Waals surface area contributed by atoms with Crippen LogP contribution in [0.15, 0.2) is 88.2 Å². The SMILES string of the molecule is COc1cc2nn([C@@H]3CC[C@@H](CN4C[C@H]5C[C@@H]4CN5c4cccc5c4n(C)c(=O)n5C4CCCNC4=O)C(c4c(OC)c(NC(=O)c5cccc(C(F)(F)F)n5)cc5oc(C6CCC(CO)CC6)nc45)C3)cc2cc1NC(=O)c1cccc(C(F)(F)F)n1. The van der Waals surface area contributed by atoms with Crippen LogP contribution in [0.25, 0.3) is 33.0 Å². The van der Waals surface area contributed by atoms with Gasteiger partial charge in [0.15, 0.2) is 11.5 Å². The molecule has 13 rings (SSSR count). The minimum Gasteiger partial charge on any atom is -0.494 e. The Morgan fingerprint density at radius 3 is 2.14 bits per heavy atom. The molecular formula is C62H64F6N12O8. The van der Waals surface area contributed by atoms with Crippen molar-refractivity contribution in [2.24, 2.45) is 18.9 Å². The molecule has 6 atom stereocenters. The first-order valence-corrected chi connectivity index (χ1v) is 29.6. The van der Waals surface area contributed by atoms with E-state index in [-0.39, 0.29) is 77.0 Å². The van der Waals surface area contributed by atoms with Crippen molar-refractivity contribution >= 4 is 67.8 Å². The number of fused-ring (bicyclic) bond motifs is 5. The number of ether oxygens (including phenoxy) is 2. The topological polar surface area (TPSA) is 229 Å². The maximum absolute atomic E-state index is 14.2. The van der Waals surface area contributed by atoms with E-state index in [0.717, 1.165) is 61.2 Å². The number of methoxy groups -OCH3 is 2. The standard InChI is InChI=1S/C62H64F6N12O8/c1-76-54-45(10-6-11-46(54)80(60(76)85)47-12-7-21-69-58(47)84)78-30-37-23-38(78)29-77(37)27-34-19-20-36(79-28-35-22-43(48(86-2)25-42(35)75-79)72-56(82)40-8-4-13-50(70-40)61(63,64)65)24-39(34)52-53-49(88-59(74-53)33-17-15-32(31-81)16-18-33)26-44(55(52)87-3)73-57(83)41-9-5-14-51(71-41)62(66,67)68/h4-6,8-11,13-14,22,25-26,28,32-34,36-39,47,81H,7,12,15-21,23-24,27,29-31H2,1-3H3,(H,69,84)(H,72,82)(H,73,83)/t32?,33?,34-,36+,37+,38+,39?,47?/m0/s1. The van der Waals surface area contributed by atoms with E-state index in [1.54, 1.807) is 34.4 Å². The maximum atomic E-state index is 14.2. The van der Waals surface area contributed by atoms with E-state index >= 15 is 0 Å². The fraction of sp³-hybridized carbons (Fsp3) is 0.452. The number of likely N-dealkylation sites (tertiary alicyclic amines) is 1. The quantitative estimate of drug-likeness (QED) is 0.0743. The zero-order valence-electron chi connectivity index (χ0n) is 48.3. The third kappa shape index (κ3) is 10.7. The Labute approximate surface area is 499 Å². The Morgan fingerprint density at radius 1 is 0.784 bits per heavy atom. The molecule has 4 N–H and O–H groups in total. The summed E-state index contributed by atoms with van der Waals surface area (Å²) in [6.07, 6.45) is -0.948. The van der Waals surface area contributed by atoms with E-state index < -0.39 is 58.9 Å². The molecule has 3 aromatic carbocycles. The summed E-state index contributed by atoms with van der Waals surface area (Å²) in [6, 6.07) is 16.2. The van der Waals surface area contributed by atoms with Gasteiger partial charge in [0.05, 0.1) is 53.9 Å². The van der Waals surface area contributed by atoms with E-state index in [9.17, 15) is 50.6 Å². The molecule has 20 nitrogen and oxygen atoms in total. The van der Waals surface area contributed by atoms with Crippen LogP contribution >= 0.6 is 0 Å². The van der Waals surface area contributed by atoms with Crippen molar-refractivity contribution in [1.29, 1.82) is 0 Å². The summed E-state index contributed by atoms with van der Waals surface area (Å²) in [5, 5.41) is 24.1. The number of carbonyl (C=O) groups is 3. The fourth-order valence-corrected chi connectivity index (χ4v) is 14.4. The molecule has 8 heterocycles. The van der Waals surface area contributed by atoms with Crippen LogP contribution in [0.4, 0.5) is 43.4 Å². The predicted octanol–water partition coefficient (Wildman–Crippen LogP) is 9.99. The number of benzene rings is 3. The number of imidazole rings is 1. The number of amides is 3. The lowest BCUT2D eigenvalue weighted by atomic mass is 9.72. The van der Waals surface area contributed by atoms with Crippen molar-refractivity contribution in [3.05, 3.63) is 124 Å². The summed E-state index contributed by atoms with van der Waals surface area (Å²) in [4.78, 5) is 72.1. The third-order valence-corrected chi connectivity index (χ3v) is 18.7. The van der Waals surface area contributed by atoms with Crippen LogP contribution in [0.2, 0.25) is 0 Å². The molecule has 2 bridgehead atoms. The van der Waals surface area contributed by atoms with Gasteiger partial charge in [0.2, 0.25) is 5.91 Å². The molecule has 462 valence electrons. The zero-order valence-corrected chi connectivity index (χ0v) is 48.3. The number of hydrogen-bond donors (Lipinski definition) is 4. The van der Waals surface area contributed by atoms with Crippen LogP contribution in [0.1, 0.15) is 132 Å². The Kier molecular flexibility index (Phi) is 15.2. The summed E-state index contributed by atoms with van der Waals surface area (Å²) in [5.74, 6) is -1.53. The summed E-state index contributed by atoms with van der Waals surface area (Å²) in [6.45, 7) is 2.62. The van der Waals surface area contributed by atoms with Crippen LogP contribution in [0, 0.1) is 11.8 Å². The van der Waals surface area contributed by atoms with Gasteiger partial charge < -0.3 is 39.8 Å². The summed E-state index contributed by atoms with van der Waals surface area (Å²) < 4.78 is 107. The summed E-state index contributed by atoms with van der Waals surface area (Å²) in [5.41, 5.74) is 1.00. The Balaban J connectivity index is 0.867. The molecule has 0 radical (unpaired) electrons. The van der Waals surface area contributed by atoms with Gasteiger partial charge in [0.25, 0.3) is 11.8 Å². The number of rotatable bonds is 14. The van der Waals surface area contributed by atoms with E-state index in [2.05, 4.69) is 35.7 Å². The van der Waals surface area contributed by atoms with E-state index in [0.29, 0.717) is 104 Å². The van der Waals surface area contributed by atoms with Crippen molar-refractivity contribution in [3.8, 4) is 11.5 Å². The van der Waals surface area contributed by atoms with Crippen molar-refractivity contribution in [3.63, 3.8) is 0 Å². The molecule has 5 aliphatic rings. The number of pyridine rings is 2. The lowest BCUT2D eigenvalue weighted by Gasteiger charge is -2.42. The number of alkyl halides is 6. The maximum Gasteiger partial charge on any atom is 0.433 e. The van der Waals surface area contributed by atoms with Gasteiger partial charge in [-0.2, -0.15) is 31.4 Å². The molecule has 3 amide bonds. The second-order valence-corrected chi connectivity index (χ2v) is 23.9. The Bertz CT molecular complexity index is 4090. The number of aliphatic hydroxyl groups is 1. The molecule has 3 saturated heterocycles. The number of nitrogens with one attached hydrogen (secondary N) is 3. The summed E-state index contributed by atoms with van der Waals surface area (Å²) >= 11 is 0. The van der Waals surface area contributed by atoms with E-state index in [1.807, 2.05) is 29.1 Å². The number of carbonyl (C=O) groups excluding carboxylic acids is 3. The highest BCUT2D eigenvalue weighted by Crippen LogP contribution is 2.52. The first-order chi connectivity index (χ1) is 42.3. The number of aromatic nitrogens is 7. The number of aliphatic hydroxyl groups excluding tert-OH is 1. The molecule has 2 saturated carbocycles. The first kappa shape index (κ1) is 58.5. The Morgan fingerprint density at radius 2 is 1.49 bits per heavy atom. The van der Waals surface area contributed by atoms with Gasteiger partial charge in [-0.3, -0.25) is 33.1 Å². The van der Waals surface area contributed by atoms with Crippen LogP contribution in [-0.4, -0.2) is 121 Å². The van der Waals surface area contributed by atoms with Gasteiger partial charge in [-0.1, -0.05) is 18.2 Å². The third-order valence-electron chi connectivity index (χ3n) is 18.7. The van der Waals surface area contributed by atoms with Gasteiger partial charge in [-0.15, -0.1) is 0 Å². The highest BCUT2D eigenvalue weighted by Gasteiger charge is 2.47. The highest BCUT2D eigenvalue weighted by atomic mass is 19.4. The first-order valence-electron chi connectivity index (χ1n) is 29.6. The van der Waals surface area contributed by atoms with Gasteiger partial charge in [-0.05, 0) is 124 Å². The predicted molar refractivity (Wildman–Crippen MR) is 312 cm³/mol. The van der Waals surface area contributed by atoms with Gasteiger partial charge in [0.1, 0.15) is 45.8 Å². The number of nitrogens with zero attached hydrogens (tertiary/aromatic N) is 9. The largest absolute Gasteiger partial charge is 0.494 e. The smallest absolute Gasteiger partial charge is 0.433 e. The van der Waals surface area contributed by atoms with Crippen molar-refractivity contribution in [2.75, 3.05) is 62.5 Å². The van der Waals surface area contributed by atoms with Gasteiger partial charge >= 0.3 is 18.0 Å². The molecule has 3 aliphatic heterocycles. The van der Waals surface area contributed by atoms with Gasteiger partial charge in [0, 0.05) is 87.1 Å². The second-order valence-electron chi connectivity index (χ2n) is 23.9. The summed E-state index contributed by atoms with van der Waals surface area (Å²) in [7, 11) is 4.61. The van der Waals surface area contributed by atoms with E-state index in [4.69, 9.17) is 24.0 Å². The van der Waals surface area contributed by atoms with Crippen LogP contribution in [0.5, 0.6) is 11.5 Å². The van der Waals surface area contributed by atoms with Crippen molar-refractivity contribution in [1.82, 2.24) is 44.1 Å². The molecule has 5 aromatic heterocycles. The van der Waals surface area contributed by atoms with Crippen molar-refractivity contribution in [2.45, 2.75) is 113 Å². The number of anilines is 3. The average molecular weight is 1220 g/mol. The Hall–Kier alpha value is -8.52. The fourth-order valence-electron chi connectivity index (χ4n) is 14.4. The van der Waals surface area contributed by atoms with Crippen LogP contribution in [-0.2, 0) is 24.2 Å². The van der Waals surface area contributed by atoms with Crippen LogP contribution < -0.4 is 36.0 Å².